The van der Waals surface area contributed by atoms with Gasteiger partial charge in [-0.05, 0) is 43.7 Å². The van der Waals surface area contributed by atoms with E-state index in [2.05, 4.69) is 32.6 Å². The van der Waals surface area contributed by atoms with E-state index in [0.29, 0.717) is 5.41 Å². The third-order valence-electron chi connectivity index (χ3n) is 4.11. The van der Waals surface area contributed by atoms with Gasteiger partial charge >= 0.3 is 0 Å². The van der Waals surface area contributed by atoms with E-state index >= 15 is 0 Å². The fourth-order valence-corrected chi connectivity index (χ4v) is 3.14. The molecule has 1 saturated heterocycles. The Morgan fingerprint density at radius 1 is 1.44 bits per heavy atom. The Balaban J connectivity index is 2.57. The van der Waals surface area contributed by atoms with E-state index in [1.54, 1.807) is 0 Å². The zero-order valence-electron chi connectivity index (χ0n) is 11.6. The van der Waals surface area contributed by atoms with Crippen molar-refractivity contribution in [3.8, 4) is 0 Å². The quantitative estimate of drug-likeness (QED) is 0.754. The predicted octanol–water partition coefficient (Wildman–Crippen LogP) is 2.87. The van der Waals surface area contributed by atoms with E-state index in [4.69, 9.17) is 5.73 Å². The molecule has 1 aliphatic heterocycles. The molecule has 1 fully saturated rings. The van der Waals surface area contributed by atoms with Crippen molar-refractivity contribution in [2.75, 3.05) is 19.6 Å². The molecule has 2 nitrogen and oxygen atoms in total. The van der Waals surface area contributed by atoms with Gasteiger partial charge in [-0.3, -0.25) is 4.90 Å². The first-order chi connectivity index (χ1) is 7.52. The molecule has 0 radical (unpaired) electrons. The van der Waals surface area contributed by atoms with Gasteiger partial charge in [0.1, 0.15) is 0 Å². The third-order valence-corrected chi connectivity index (χ3v) is 4.11. The largest absolute Gasteiger partial charge is 0.330 e. The summed E-state index contributed by atoms with van der Waals surface area (Å²) < 4.78 is 0. The van der Waals surface area contributed by atoms with Crippen LogP contribution < -0.4 is 5.73 Å². The lowest BCUT2D eigenvalue weighted by molar-refractivity contribution is 0.125. The fraction of sp³-hybridized carbons (Fsp3) is 1.00. The summed E-state index contributed by atoms with van der Waals surface area (Å²) in [6.07, 6.45) is 5.25. The molecule has 0 aromatic rings. The first kappa shape index (κ1) is 14.0. The highest BCUT2D eigenvalue weighted by Crippen LogP contribution is 2.30. The summed E-state index contributed by atoms with van der Waals surface area (Å²) in [5.74, 6) is 0.783. The summed E-state index contributed by atoms with van der Waals surface area (Å²) in [7, 11) is 0. The number of nitrogens with two attached hydrogens (primary N) is 1. The van der Waals surface area contributed by atoms with Gasteiger partial charge < -0.3 is 5.73 Å². The van der Waals surface area contributed by atoms with Gasteiger partial charge in [0.25, 0.3) is 0 Å². The molecule has 1 heterocycles. The number of hydrogen-bond acceptors (Lipinski definition) is 2. The molecule has 0 spiro atoms. The van der Waals surface area contributed by atoms with E-state index in [0.717, 1.165) is 18.5 Å². The summed E-state index contributed by atoms with van der Waals surface area (Å²) >= 11 is 0. The van der Waals surface area contributed by atoms with Crippen LogP contribution in [0.3, 0.4) is 0 Å². The smallest absolute Gasteiger partial charge is 0.0119 e. The average molecular weight is 226 g/mol. The minimum absolute atomic E-state index is 0.326. The molecule has 16 heavy (non-hydrogen) atoms. The van der Waals surface area contributed by atoms with Crippen molar-refractivity contribution >= 4 is 0 Å². The maximum Gasteiger partial charge on any atom is 0.0119 e. The van der Waals surface area contributed by atoms with Crippen molar-refractivity contribution in [1.82, 2.24) is 4.90 Å². The Morgan fingerprint density at radius 3 is 2.62 bits per heavy atom. The van der Waals surface area contributed by atoms with Crippen molar-refractivity contribution in [3.63, 3.8) is 0 Å². The second-order valence-electron chi connectivity index (χ2n) is 6.19. The lowest BCUT2D eigenvalue weighted by Gasteiger charge is -2.37. The van der Waals surface area contributed by atoms with Crippen molar-refractivity contribution in [2.45, 2.75) is 59.4 Å². The lowest BCUT2D eigenvalue weighted by Crippen LogP contribution is -2.44. The SMILES string of the molecule is CCCC(C)(CN)CN1CCCC1C(C)C. The van der Waals surface area contributed by atoms with E-state index in [1.165, 1.54) is 38.8 Å². The van der Waals surface area contributed by atoms with Gasteiger partial charge in [0, 0.05) is 12.6 Å². The van der Waals surface area contributed by atoms with Crippen LogP contribution >= 0.6 is 0 Å². The summed E-state index contributed by atoms with van der Waals surface area (Å²) in [5.41, 5.74) is 6.29. The molecule has 0 aromatic carbocycles. The zero-order chi connectivity index (χ0) is 12.2. The topological polar surface area (TPSA) is 29.3 Å². The van der Waals surface area contributed by atoms with Gasteiger partial charge in [-0.25, -0.2) is 0 Å². The van der Waals surface area contributed by atoms with Crippen LogP contribution in [0.5, 0.6) is 0 Å². The second kappa shape index (κ2) is 6.02. The van der Waals surface area contributed by atoms with Crippen LogP contribution in [0.1, 0.15) is 53.4 Å². The van der Waals surface area contributed by atoms with Gasteiger partial charge in [0.2, 0.25) is 0 Å². The fourth-order valence-electron chi connectivity index (χ4n) is 3.14. The molecule has 2 atom stereocenters. The van der Waals surface area contributed by atoms with Crippen molar-refractivity contribution in [2.24, 2.45) is 17.1 Å². The molecule has 0 aliphatic carbocycles. The molecular formula is C14H30N2. The molecule has 0 saturated carbocycles. The monoisotopic (exact) mass is 226 g/mol. The lowest BCUT2D eigenvalue weighted by atomic mass is 9.84. The minimum atomic E-state index is 0.326. The Labute approximate surface area is 102 Å². The molecule has 96 valence electrons. The second-order valence-corrected chi connectivity index (χ2v) is 6.19. The van der Waals surface area contributed by atoms with Crippen LogP contribution in [0.25, 0.3) is 0 Å². The van der Waals surface area contributed by atoms with Gasteiger partial charge in [-0.1, -0.05) is 34.1 Å². The molecule has 2 unspecified atom stereocenters. The minimum Gasteiger partial charge on any atom is -0.330 e. The number of rotatable bonds is 6. The maximum absolute atomic E-state index is 5.97. The van der Waals surface area contributed by atoms with E-state index in [1.807, 2.05) is 0 Å². The average Bonchev–Trinajstić information content (AvgIpc) is 2.66. The molecule has 0 bridgehead atoms. The highest BCUT2D eigenvalue weighted by Gasteiger charge is 2.32. The summed E-state index contributed by atoms with van der Waals surface area (Å²) in [4.78, 5) is 2.69. The van der Waals surface area contributed by atoms with Crippen LogP contribution in [0.4, 0.5) is 0 Å². The van der Waals surface area contributed by atoms with Crippen LogP contribution in [0.15, 0.2) is 0 Å². The van der Waals surface area contributed by atoms with Crippen LogP contribution in [0.2, 0.25) is 0 Å². The van der Waals surface area contributed by atoms with Gasteiger partial charge in [0.05, 0.1) is 0 Å². The molecule has 2 heteroatoms. The summed E-state index contributed by atoms with van der Waals surface area (Å²) in [5, 5.41) is 0. The third kappa shape index (κ3) is 3.46. The molecule has 1 rings (SSSR count). The number of hydrogen-bond donors (Lipinski definition) is 1. The van der Waals surface area contributed by atoms with Crippen LogP contribution in [-0.4, -0.2) is 30.6 Å². The van der Waals surface area contributed by atoms with E-state index < -0.39 is 0 Å². The Hall–Kier alpha value is -0.0800. The van der Waals surface area contributed by atoms with Gasteiger partial charge in [-0.2, -0.15) is 0 Å². The highest BCUT2D eigenvalue weighted by molar-refractivity contribution is 4.87. The molecular weight excluding hydrogens is 196 g/mol. The standard InChI is InChI=1S/C14H30N2/c1-5-8-14(4,10-15)11-16-9-6-7-13(16)12(2)3/h12-13H,5-11,15H2,1-4H3. The van der Waals surface area contributed by atoms with Gasteiger partial charge in [0.15, 0.2) is 0 Å². The van der Waals surface area contributed by atoms with Gasteiger partial charge in [-0.15, -0.1) is 0 Å². The highest BCUT2D eigenvalue weighted by atomic mass is 15.2. The van der Waals surface area contributed by atoms with E-state index in [9.17, 15) is 0 Å². The molecule has 2 N–H and O–H groups in total. The van der Waals surface area contributed by atoms with Crippen molar-refractivity contribution < 1.29 is 0 Å². The zero-order valence-corrected chi connectivity index (χ0v) is 11.6. The van der Waals surface area contributed by atoms with Crippen molar-refractivity contribution in [1.29, 1.82) is 0 Å². The maximum atomic E-state index is 5.97. The Kier molecular flexibility index (Phi) is 5.26. The number of likely N-dealkylation sites (tertiary alicyclic amines) is 1. The Bertz CT molecular complexity index is 203. The summed E-state index contributed by atoms with van der Waals surface area (Å²) in [6.45, 7) is 12.6. The first-order valence-electron chi connectivity index (χ1n) is 6.96. The normalized spacial score (nSPS) is 26.2. The summed E-state index contributed by atoms with van der Waals surface area (Å²) in [6, 6.07) is 0.794. The predicted molar refractivity (Wildman–Crippen MR) is 71.5 cm³/mol. The molecule has 1 aliphatic rings. The van der Waals surface area contributed by atoms with Crippen LogP contribution in [-0.2, 0) is 0 Å². The Morgan fingerprint density at radius 2 is 2.12 bits per heavy atom. The number of nitrogens with zero attached hydrogens (tertiary/aromatic N) is 1. The van der Waals surface area contributed by atoms with E-state index in [-0.39, 0.29) is 0 Å². The van der Waals surface area contributed by atoms with Crippen LogP contribution in [0, 0.1) is 11.3 Å². The molecule has 0 amide bonds. The first-order valence-corrected chi connectivity index (χ1v) is 6.96. The van der Waals surface area contributed by atoms with Crippen molar-refractivity contribution in [3.05, 3.63) is 0 Å². The molecule has 0 aromatic heterocycles.